The first kappa shape index (κ1) is 25.7. The summed E-state index contributed by atoms with van der Waals surface area (Å²) >= 11 is 0. The summed E-state index contributed by atoms with van der Waals surface area (Å²) in [5.74, 6) is -1.38. The second-order valence-electron chi connectivity index (χ2n) is 9.95. The Morgan fingerprint density at radius 1 is 1.03 bits per heavy atom. The van der Waals surface area contributed by atoms with Gasteiger partial charge in [0.25, 0.3) is 0 Å². The Balaban J connectivity index is 2.63. The molecule has 1 amide bonds. The molecule has 0 unspecified atom stereocenters. The zero-order chi connectivity index (χ0) is 24.5. The molecule has 32 heavy (non-hydrogen) atoms. The van der Waals surface area contributed by atoms with Crippen molar-refractivity contribution in [2.75, 3.05) is 0 Å². The van der Waals surface area contributed by atoms with Crippen LogP contribution in [0.5, 0.6) is 0 Å². The van der Waals surface area contributed by atoms with E-state index in [1.54, 1.807) is 41.5 Å². The molecule has 9 heteroatoms. The molecular formula is C23H30F3NO5. The predicted octanol–water partition coefficient (Wildman–Crippen LogP) is 5.35. The predicted molar refractivity (Wildman–Crippen MR) is 111 cm³/mol. The number of carbonyl (C=O) groups is 3. The van der Waals surface area contributed by atoms with Gasteiger partial charge in [0, 0.05) is 6.42 Å². The van der Waals surface area contributed by atoms with Crippen LogP contribution in [-0.2, 0) is 25.2 Å². The van der Waals surface area contributed by atoms with Gasteiger partial charge in [-0.1, -0.05) is 12.1 Å². The fourth-order valence-electron chi connectivity index (χ4n) is 3.71. The molecule has 0 aliphatic heterocycles. The van der Waals surface area contributed by atoms with Crippen LogP contribution < -0.4 is 5.32 Å². The van der Waals surface area contributed by atoms with Crippen LogP contribution in [0.25, 0.3) is 0 Å². The molecule has 0 bridgehead atoms. The van der Waals surface area contributed by atoms with Crippen molar-refractivity contribution in [2.45, 2.75) is 84.2 Å². The van der Waals surface area contributed by atoms with E-state index in [1.807, 2.05) is 0 Å². The minimum Gasteiger partial charge on any atom is -0.459 e. The largest absolute Gasteiger partial charge is 0.459 e. The number of nitrogens with one attached hydrogen (secondary N) is 1. The van der Waals surface area contributed by atoms with Crippen LogP contribution >= 0.6 is 0 Å². The quantitative estimate of drug-likeness (QED) is 0.487. The highest BCUT2D eigenvalue weighted by atomic mass is 19.4. The van der Waals surface area contributed by atoms with Crippen molar-refractivity contribution in [3.05, 3.63) is 35.4 Å². The zero-order valence-electron chi connectivity index (χ0n) is 19.2. The monoisotopic (exact) mass is 457 g/mol. The van der Waals surface area contributed by atoms with Crippen LogP contribution in [0, 0.1) is 5.41 Å². The van der Waals surface area contributed by atoms with Crippen LogP contribution in [0.1, 0.15) is 78.0 Å². The summed E-state index contributed by atoms with van der Waals surface area (Å²) in [7, 11) is 0. The summed E-state index contributed by atoms with van der Waals surface area (Å²) in [6, 6.07) is 2.83. The number of esters is 1. The Hall–Kier alpha value is -2.58. The normalized spacial score (nSPS) is 20.6. The number of halogens is 3. The highest BCUT2D eigenvalue weighted by molar-refractivity contribution is 6.06. The lowest BCUT2D eigenvalue weighted by Crippen LogP contribution is -2.51. The van der Waals surface area contributed by atoms with Crippen molar-refractivity contribution in [1.29, 1.82) is 0 Å². The molecular weight excluding hydrogens is 427 g/mol. The summed E-state index contributed by atoms with van der Waals surface area (Å²) in [5, 5.41) is 2.50. The Kier molecular flexibility index (Phi) is 7.02. The molecule has 0 radical (unpaired) electrons. The van der Waals surface area contributed by atoms with Gasteiger partial charge in [-0.05, 0) is 72.1 Å². The van der Waals surface area contributed by atoms with Gasteiger partial charge in [-0.3, -0.25) is 9.59 Å². The third kappa shape index (κ3) is 6.01. The van der Waals surface area contributed by atoms with Crippen LogP contribution in [0.15, 0.2) is 24.3 Å². The fourth-order valence-corrected chi connectivity index (χ4v) is 3.71. The van der Waals surface area contributed by atoms with Gasteiger partial charge in [-0.25, -0.2) is 4.79 Å². The van der Waals surface area contributed by atoms with E-state index in [4.69, 9.17) is 9.47 Å². The van der Waals surface area contributed by atoms with E-state index in [-0.39, 0.29) is 18.4 Å². The van der Waals surface area contributed by atoms with Crippen molar-refractivity contribution < 1.29 is 37.0 Å². The number of carbonyl (C=O) groups excluding carboxylic acids is 3. The molecule has 1 saturated carbocycles. The molecule has 1 fully saturated rings. The van der Waals surface area contributed by atoms with Gasteiger partial charge in [0.1, 0.15) is 11.2 Å². The molecule has 1 aliphatic rings. The van der Waals surface area contributed by atoms with Gasteiger partial charge < -0.3 is 14.8 Å². The molecule has 2 rings (SSSR count). The van der Waals surface area contributed by atoms with Gasteiger partial charge in [0.05, 0.1) is 11.6 Å². The van der Waals surface area contributed by atoms with Gasteiger partial charge in [0.15, 0.2) is 11.2 Å². The average molecular weight is 457 g/mol. The number of amides is 1. The molecule has 1 N–H and O–H groups in total. The van der Waals surface area contributed by atoms with E-state index in [0.29, 0.717) is 6.42 Å². The Morgan fingerprint density at radius 2 is 1.62 bits per heavy atom. The topological polar surface area (TPSA) is 81.7 Å². The van der Waals surface area contributed by atoms with Crippen molar-refractivity contribution in [1.82, 2.24) is 5.32 Å². The van der Waals surface area contributed by atoms with Gasteiger partial charge in [-0.15, -0.1) is 0 Å². The summed E-state index contributed by atoms with van der Waals surface area (Å²) < 4.78 is 50.9. The minimum atomic E-state index is -4.65. The standard InChI is InChI=1S/C23H30F3NO5/c1-20(2,3)31-18(29)22(12-8-11-16(22)28)17(27-19(30)32-21(4,5)6)14-9-7-10-15(13-14)23(24,25)26/h7,9-10,13,17H,8,11-12H2,1-6H3,(H,27,30)/t17-,22-/m0/s1. The number of benzene rings is 1. The minimum absolute atomic E-state index is 0.0253. The number of alkyl halides is 3. The first-order valence-electron chi connectivity index (χ1n) is 10.4. The third-order valence-electron chi connectivity index (χ3n) is 4.94. The SMILES string of the molecule is CC(C)(C)OC(=O)N[C@@H](c1cccc(C(F)(F)F)c1)[C@]1(C(=O)OC(C)(C)C)CCCC1=O. The van der Waals surface area contributed by atoms with Gasteiger partial charge in [0.2, 0.25) is 0 Å². The maximum absolute atomic E-state index is 13.4. The number of alkyl carbamates (subject to hydrolysis) is 1. The van der Waals surface area contributed by atoms with Crippen molar-refractivity contribution in [3.8, 4) is 0 Å². The molecule has 1 aromatic carbocycles. The zero-order valence-corrected chi connectivity index (χ0v) is 19.2. The maximum Gasteiger partial charge on any atom is 0.416 e. The van der Waals surface area contributed by atoms with E-state index in [9.17, 15) is 27.6 Å². The lowest BCUT2D eigenvalue weighted by molar-refractivity contribution is -0.171. The molecule has 0 heterocycles. The summed E-state index contributed by atoms with van der Waals surface area (Å²) in [6.45, 7) is 9.73. The second kappa shape index (κ2) is 8.75. The molecule has 1 aliphatic carbocycles. The molecule has 2 atom stereocenters. The lowest BCUT2D eigenvalue weighted by Gasteiger charge is -2.37. The van der Waals surface area contributed by atoms with Crippen molar-refractivity contribution >= 4 is 17.8 Å². The van der Waals surface area contributed by atoms with Gasteiger partial charge >= 0.3 is 18.2 Å². The number of ether oxygens (including phenoxy) is 2. The molecule has 0 aromatic heterocycles. The van der Waals surface area contributed by atoms with E-state index in [1.165, 1.54) is 12.1 Å². The van der Waals surface area contributed by atoms with Crippen molar-refractivity contribution in [2.24, 2.45) is 5.41 Å². The highest BCUT2D eigenvalue weighted by Gasteiger charge is 2.57. The number of hydrogen-bond donors (Lipinski definition) is 1. The lowest BCUT2D eigenvalue weighted by atomic mass is 9.74. The van der Waals surface area contributed by atoms with E-state index in [0.717, 1.165) is 12.1 Å². The number of ketones is 1. The molecule has 0 spiro atoms. The fraction of sp³-hybridized carbons (Fsp3) is 0.609. The smallest absolute Gasteiger partial charge is 0.416 e. The van der Waals surface area contributed by atoms with Crippen LogP contribution in [0.2, 0.25) is 0 Å². The van der Waals surface area contributed by atoms with Crippen LogP contribution in [0.3, 0.4) is 0 Å². The average Bonchev–Trinajstić information content (AvgIpc) is 2.98. The van der Waals surface area contributed by atoms with Crippen molar-refractivity contribution in [3.63, 3.8) is 0 Å². The first-order chi connectivity index (χ1) is 14.5. The third-order valence-corrected chi connectivity index (χ3v) is 4.94. The molecule has 0 saturated heterocycles. The number of rotatable bonds is 4. The molecule has 1 aromatic rings. The van der Waals surface area contributed by atoms with E-state index in [2.05, 4.69) is 5.32 Å². The number of hydrogen-bond acceptors (Lipinski definition) is 5. The van der Waals surface area contributed by atoms with Crippen LogP contribution in [0.4, 0.5) is 18.0 Å². The number of Topliss-reactive ketones (excluding diaryl/α,β-unsaturated/α-hetero) is 1. The second-order valence-corrected chi connectivity index (χ2v) is 9.95. The van der Waals surface area contributed by atoms with Gasteiger partial charge in [-0.2, -0.15) is 13.2 Å². The Morgan fingerprint density at radius 3 is 2.09 bits per heavy atom. The maximum atomic E-state index is 13.4. The highest BCUT2D eigenvalue weighted by Crippen LogP contribution is 2.47. The Bertz CT molecular complexity index is 883. The molecule has 6 nitrogen and oxygen atoms in total. The summed E-state index contributed by atoms with van der Waals surface area (Å²) in [6.07, 6.45) is -5.20. The van der Waals surface area contributed by atoms with Crippen LogP contribution in [-0.4, -0.2) is 29.0 Å². The Labute approximate surface area is 185 Å². The molecule has 178 valence electrons. The summed E-state index contributed by atoms with van der Waals surface area (Å²) in [5.41, 5.74) is -4.71. The summed E-state index contributed by atoms with van der Waals surface area (Å²) in [4.78, 5) is 39.0. The van der Waals surface area contributed by atoms with E-state index >= 15 is 0 Å². The van der Waals surface area contributed by atoms with E-state index < -0.39 is 52.2 Å². The first-order valence-corrected chi connectivity index (χ1v) is 10.4.